The van der Waals surface area contributed by atoms with Crippen molar-refractivity contribution in [3.05, 3.63) is 47.8 Å². The molecule has 7 heteroatoms. The molecule has 27 heavy (non-hydrogen) atoms. The molecule has 0 bridgehead atoms. The standard InChI is InChI=1S/C20H28N4O2.ClH/c1-14(2)26-18-8-6-16(7-9-18)15(3)22-20(25)19-10-12-24(23-19)17-5-4-11-21-13-17;/h6-10,12,14-15,17,21H,4-5,11,13H2,1-3H3,(H,22,25);1H. The zero-order valence-electron chi connectivity index (χ0n) is 16.1. The number of nitrogens with one attached hydrogen (secondary N) is 2. The molecule has 0 saturated carbocycles. The summed E-state index contributed by atoms with van der Waals surface area (Å²) in [6, 6.07) is 9.85. The van der Waals surface area contributed by atoms with Crippen molar-refractivity contribution in [3.8, 4) is 5.75 Å². The van der Waals surface area contributed by atoms with E-state index in [9.17, 15) is 4.79 Å². The molecule has 0 spiro atoms. The van der Waals surface area contributed by atoms with Crippen LogP contribution in [0.4, 0.5) is 0 Å². The molecule has 1 aromatic heterocycles. The van der Waals surface area contributed by atoms with Gasteiger partial charge in [0.05, 0.1) is 18.2 Å². The van der Waals surface area contributed by atoms with Crippen molar-refractivity contribution in [2.75, 3.05) is 13.1 Å². The second kappa shape index (κ2) is 9.76. The number of amides is 1. The van der Waals surface area contributed by atoms with E-state index in [-0.39, 0.29) is 30.5 Å². The zero-order valence-corrected chi connectivity index (χ0v) is 17.0. The van der Waals surface area contributed by atoms with Crippen molar-refractivity contribution < 1.29 is 9.53 Å². The average Bonchev–Trinajstić information content (AvgIpc) is 3.13. The predicted molar refractivity (Wildman–Crippen MR) is 109 cm³/mol. The topological polar surface area (TPSA) is 68.2 Å². The number of ether oxygens (including phenoxy) is 1. The van der Waals surface area contributed by atoms with Crippen LogP contribution in [0.15, 0.2) is 36.5 Å². The Morgan fingerprint density at radius 2 is 2.00 bits per heavy atom. The molecule has 2 unspecified atom stereocenters. The quantitative estimate of drug-likeness (QED) is 0.789. The maximum absolute atomic E-state index is 12.5. The molecule has 1 fully saturated rings. The summed E-state index contributed by atoms with van der Waals surface area (Å²) in [5, 5.41) is 10.9. The number of hydrogen-bond donors (Lipinski definition) is 2. The number of nitrogens with zero attached hydrogens (tertiary/aromatic N) is 2. The van der Waals surface area contributed by atoms with Crippen LogP contribution in [0.3, 0.4) is 0 Å². The number of piperidine rings is 1. The van der Waals surface area contributed by atoms with Crippen LogP contribution < -0.4 is 15.4 Å². The first kappa shape index (κ1) is 21.3. The Morgan fingerprint density at radius 3 is 2.63 bits per heavy atom. The lowest BCUT2D eigenvalue weighted by molar-refractivity contribution is 0.0933. The van der Waals surface area contributed by atoms with Crippen LogP contribution in [0.2, 0.25) is 0 Å². The normalized spacial score (nSPS) is 17.9. The number of carbonyl (C=O) groups excluding carboxylic acids is 1. The van der Waals surface area contributed by atoms with Crippen molar-refractivity contribution in [1.29, 1.82) is 0 Å². The Labute approximate surface area is 167 Å². The van der Waals surface area contributed by atoms with Crippen molar-refractivity contribution in [2.24, 2.45) is 0 Å². The summed E-state index contributed by atoms with van der Waals surface area (Å²) >= 11 is 0. The number of carbonyl (C=O) groups is 1. The molecule has 0 radical (unpaired) electrons. The molecule has 2 heterocycles. The van der Waals surface area contributed by atoms with Gasteiger partial charge in [0, 0.05) is 12.7 Å². The minimum absolute atomic E-state index is 0. The Kier molecular flexibility index (Phi) is 7.68. The molecule has 148 valence electrons. The van der Waals surface area contributed by atoms with Gasteiger partial charge in [-0.2, -0.15) is 5.10 Å². The van der Waals surface area contributed by atoms with Crippen molar-refractivity contribution in [3.63, 3.8) is 0 Å². The molecule has 2 aromatic rings. The van der Waals surface area contributed by atoms with Gasteiger partial charge in [0.25, 0.3) is 5.91 Å². The Balaban J connectivity index is 0.00000261. The summed E-state index contributed by atoms with van der Waals surface area (Å²) in [6.45, 7) is 7.93. The van der Waals surface area contributed by atoms with Crippen molar-refractivity contribution >= 4 is 18.3 Å². The highest BCUT2D eigenvalue weighted by Gasteiger charge is 2.19. The number of aromatic nitrogens is 2. The molecule has 1 amide bonds. The van der Waals surface area contributed by atoms with E-state index in [1.54, 1.807) is 6.07 Å². The first-order chi connectivity index (χ1) is 12.5. The third kappa shape index (κ3) is 5.71. The van der Waals surface area contributed by atoms with Crippen LogP contribution in [-0.2, 0) is 0 Å². The van der Waals surface area contributed by atoms with E-state index >= 15 is 0 Å². The molecule has 3 rings (SSSR count). The maximum Gasteiger partial charge on any atom is 0.272 e. The number of rotatable bonds is 6. The SMILES string of the molecule is CC(C)Oc1ccc(C(C)NC(=O)c2ccn(C3CCCNC3)n2)cc1.Cl. The van der Waals surface area contributed by atoms with E-state index in [0.717, 1.165) is 37.2 Å². The minimum Gasteiger partial charge on any atom is -0.491 e. The lowest BCUT2D eigenvalue weighted by Crippen LogP contribution is -2.32. The van der Waals surface area contributed by atoms with E-state index in [1.165, 1.54) is 0 Å². The van der Waals surface area contributed by atoms with Gasteiger partial charge in [-0.25, -0.2) is 0 Å². The molecule has 6 nitrogen and oxygen atoms in total. The summed E-state index contributed by atoms with van der Waals surface area (Å²) in [5.74, 6) is 0.685. The monoisotopic (exact) mass is 392 g/mol. The highest BCUT2D eigenvalue weighted by molar-refractivity contribution is 5.92. The molecular weight excluding hydrogens is 364 g/mol. The van der Waals surface area contributed by atoms with Gasteiger partial charge >= 0.3 is 0 Å². The highest BCUT2D eigenvalue weighted by Crippen LogP contribution is 2.19. The summed E-state index contributed by atoms with van der Waals surface area (Å²) in [5.41, 5.74) is 1.49. The molecule has 2 N–H and O–H groups in total. The van der Waals surface area contributed by atoms with Gasteiger partial charge in [-0.05, 0) is 63.9 Å². The minimum atomic E-state index is -0.150. The lowest BCUT2D eigenvalue weighted by atomic mass is 10.1. The van der Waals surface area contributed by atoms with Crippen LogP contribution in [-0.4, -0.2) is 34.9 Å². The fourth-order valence-electron chi connectivity index (χ4n) is 3.18. The van der Waals surface area contributed by atoms with Gasteiger partial charge in [0.2, 0.25) is 0 Å². The molecule has 1 saturated heterocycles. The van der Waals surface area contributed by atoms with E-state index in [2.05, 4.69) is 15.7 Å². The smallest absolute Gasteiger partial charge is 0.272 e. The molecule has 1 aromatic carbocycles. The van der Waals surface area contributed by atoms with Gasteiger partial charge in [-0.1, -0.05) is 12.1 Å². The third-order valence-corrected chi connectivity index (χ3v) is 4.59. The number of hydrogen-bond acceptors (Lipinski definition) is 4. The molecule has 2 atom stereocenters. The second-order valence-electron chi connectivity index (χ2n) is 7.11. The Bertz CT molecular complexity index is 724. The van der Waals surface area contributed by atoms with Crippen LogP contribution in [0.5, 0.6) is 5.75 Å². The van der Waals surface area contributed by atoms with Crippen LogP contribution in [0, 0.1) is 0 Å². The maximum atomic E-state index is 12.5. The van der Waals surface area contributed by atoms with Gasteiger partial charge in [0.1, 0.15) is 11.4 Å². The summed E-state index contributed by atoms with van der Waals surface area (Å²) in [4.78, 5) is 12.5. The summed E-state index contributed by atoms with van der Waals surface area (Å²) < 4.78 is 7.56. The van der Waals surface area contributed by atoms with Crippen molar-refractivity contribution in [1.82, 2.24) is 20.4 Å². The van der Waals surface area contributed by atoms with E-state index in [1.807, 2.05) is 55.9 Å². The van der Waals surface area contributed by atoms with Crippen LogP contribution >= 0.6 is 12.4 Å². The van der Waals surface area contributed by atoms with Crippen molar-refractivity contribution in [2.45, 2.75) is 51.8 Å². The number of benzene rings is 1. The van der Waals surface area contributed by atoms with Gasteiger partial charge < -0.3 is 15.4 Å². The summed E-state index contributed by atoms with van der Waals surface area (Å²) in [7, 11) is 0. The van der Waals surface area contributed by atoms with Crippen LogP contribution in [0.1, 0.15) is 61.7 Å². The fraction of sp³-hybridized carbons (Fsp3) is 0.500. The Morgan fingerprint density at radius 1 is 1.26 bits per heavy atom. The first-order valence-electron chi connectivity index (χ1n) is 9.36. The molecule has 1 aliphatic heterocycles. The van der Waals surface area contributed by atoms with Gasteiger partial charge in [0.15, 0.2) is 0 Å². The largest absolute Gasteiger partial charge is 0.491 e. The highest BCUT2D eigenvalue weighted by atomic mass is 35.5. The lowest BCUT2D eigenvalue weighted by Gasteiger charge is -2.22. The molecule has 1 aliphatic rings. The summed E-state index contributed by atoms with van der Waals surface area (Å²) in [6.07, 6.45) is 4.28. The zero-order chi connectivity index (χ0) is 18.5. The first-order valence-corrected chi connectivity index (χ1v) is 9.36. The van der Waals surface area contributed by atoms with E-state index < -0.39 is 0 Å². The van der Waals surface area contributed by atoms with E-state index in [0.29, 0.717) is 11.7 Å². The molecule has 0 aliphatic carbocycles. The van der Waals surface area contributed by atoms with Crippen LogP contribution in [0.25, 0.3) is 0 Å². The fourth-order valence-corrected chi connectivity index (χ4v) is 3.18. The van der Waals surface area contributed by atoms with Gasteiger partial charge in [-0.15, -0.1) is 12.4 Å². The second-order valence-corrected chi connectivity index (χ2v) is 7.11. The van der Waals surface area contributed by atoms with Gasteiger partial charge in [-0.3, -0.25) is 9.48 Å². The average molecular weight is 393 g/mol. The van der Waals surface area contributed by atoms with E-state index in [4.69, 9.17) is 4.74 Å². The molecular formula is C20H29ClN4O2. The number of halogens is 1. The predicted octanol–water partition coefficient (Wildman–Crippen LogP) is 3.51. The Hall–Kier alpha value is -2.05. The third-order valence-electron chi connectivity index (χ3n) is 4.59.